The van der Waals surface area contributed by atoms with Crippen LogP contribution in [0.25, 0.3) is 0 Å². The van der Waals surface area contributed by atoms with E-state index in [2.05, 4.69) is 61.6 Å². The molecular weight excluding hydrogens is 319 g/mol. The van der Waals surface area contributed by atoms with Crippen molar-refractivity contribution in [3.63, 3.8) is 0 Å². The molecule has 0 aliphatic rings. The highest BCUT2D eigenvalue weighted by Crippen LogP contribution is 2.30. The molecule has 152 valence electrons. The molecule has 0 saturated carbocycles. The van der Waals surface area contributed by atoms with E-state index in [9.17, 15) is 4.39 Å². The average molecular weight is 365 g/mol. The molecule has 0 aromatic rings. The average Bonchev–Trinajstić information content (AvgIpc) is 2.60. The van der Waals surface area contributed by atoms with Gasteiger partial charge in [0.05, 0.1) is 0 Å². The van der Waals surface area contributed by atoms with Crippen LogP contribution in [0.2, 0.25) is 0 Å². The van der Waals surface area contributed by atoms with Gasteiger partial charge < -0.3 is 0 Å². The summed E-state index contributed by atoms with van der Waals surface area (Å²) in [6.07, 6.45) is 9.76. The molecule has 4 atom stereocenters. The minimum Gasteiger partial charge on any atom is -0.207 e. The van der Waals surface area contributed by atoms with Crippen molar-refractivity contribution in [2.45, 2.75) is 93.4 Å². The highest BCUT2D eigenvalue weighted by atomic mass is 19.1. The molecule has 0 rings (SSSR count). The minimum atomic E-state index is -0.175. The van der Waals surface area contributed by atoms with Gasteiger partial charge in [0.25, 0.3) is 0 Å². The summed E-state index contributed by atoms with van der Waals surface area (Å²) >= 11 is 0. The van der Waals surface area contributed by atoms with E-state index in [1.807, 2.05) is 0 Å². The van der Waals surface area contributed by atoms with Gasteiger partial charge in [0.1, 0.15) is 5.83 Å². The number of rotatable bonds is 14. The summed E-state index contributed by atoms with van der Waals surface area (Å²) < 4.78 is 14.6. The Morgan fingerprint density at radius 3 is 1.85 bits per heavy atom. The maximum atomic E-state index is 14.6. The number of halogens is 1. The third-order valence-corrected chi connectivity index (χ3v) is 6.06. The number of hydrogen-bond acceptors (Lipinski definition) is 0. The van der Waals surface area contributed by atoms with Crippen LogP contribution in [-0.4, -0.2) is 0 Å². The Bertz CT molecular complexity index is 443. The summed E-state index contributed by atoms with van der Waals surface area (Å²) in [7, 11) is 0. The van der Waals surface area contributed by atoms with Crippen LogP contribution in [0.3, 0.4) is 0 Å². The van der Waals surface area contributed by atoms with Crippen molar-refractivity contribution in [1.29, 1.82) is 0 Å². The molecule has 0 radical (unpaired) electrons. The van der Waals surface area contributed by atoms with Crippen LogP contribution in [0.4, 0.5) is 4.39 Å². The maximum Gasteiger partial charge on any atom is 0.126 e. The van der Waals surface area contributed by atoms with Gasteiger partial charge in [0.2, 0.25) is 0 Å². The first-order valence-electron chi connectivity index (χ1n) is 10.8. The number of hydrogen-bond donors (Lipinski definition) is 0. The number of allylic oxidation sites excluding steroid dienone is 4. The third kappa shape index (κ3) is 10.3. The lowest BCUT2D eigenvalue weighted by molar-refractivity contribution is 0.305. The Hall–Kier alpha value is -0.850. The van der Waals surface area contributed by atoms with Crippen LogP contribution < -0.4 is 0 Å². The molecule has 1 heteroatoms. The minimum absolute atomic E-state index is 0.175. The molecule has 0 saturated heterocycles. The molecule has 0 amide bonds. The van der Waals surface area contributed by atoms with Gasteiger partial charge in [0.15, 0.2) is 0 Å². The van der Waals surface area contributed by atoms with Crippen molar-refractivity contribution in [2.24, 2.45) is 29.6 Å². The van der Waals surface area contributed by atoms with E-state index >= 15 is 0 Å². The predicted octanol–water partition coefficient (Wildman–Crippen LogP) is 8.90. The maximum absolute atomic E-state index is 14.6. The van der Waals surface area contributed by atoms with Gasteiger partial charge in [-0.25, -0.2) is 4.39 Å². The normalized spacial score (nSPS) is 17.0. The van der Waals surface area contributed by atoms with E-state index in [-0.39, 0.29) is 11.7 Å². The number of unbranched alkanes of at least 4 members (excludes halogenated alkanes) is 1. The van der Waals surface area contributed by atoms with Crippen LogP contribution in [-0.2, 0) is 0 Å². The Labute approximate surface area is 164 Å². The van der Waals surface area contributed by atoms with Crippen LogP contribution in [0.15, 0.2) is 36.2 Å². The zero-order valence-corrected chi connectivity index (χ0v) is 18.7. The van der Waals surface area contributed by atoms with E-state index < -0.39 is 0 Å². The molecule has 0 bridgehead atoms. The lowest BCUT2D eigenvalue weighted by atomic mass is 9.83. The van der Waals surface area contributed by atoms with Gasteiger partial charge in [-0.3, -0.25) is 0 Å². The molecule has 0 aliphatic heterocycles. The van der Waals surface area contributed by atoms with Gasteiger partial charge in [-0.05, 0) is 66.1 Å². The van der Waals surface area contributed by atoms with Crippen molar-refractivity contribution >= 4 is 0 Å². The van der Waals surface area contributed by atoms with Crippen LogP contribution in [0.1, 0.15) is 93.4 Å². The summed E-state index contributed by atoms with van der Waals surface area (Å²) in [5, 5.41) is 0. The third-order valence-electron chi connectivity index (χ3n) is 6.06. The van der Waals surface area contributed by atoms with Gasteiger partial charge in [0, 0.05) is 0 Å². The predicted molar refractivity (Wildman–Crippen MR) is 117 cm³/mol. The largest absolute Gasteiger partial charge is 0.207 e. The SMILES string of the molecule is C=C(/C=C(/F)C(=C)C(C)CCC(C)C(C)CCC(C)C)C(C)CCCC. The first-order valence-corrected chi connectivity index (χ1v) is 10.8. The second-order valence-corrected chi connectivity index (χ2v) is 9.04. The molecular formula is C25H45F. The highest BCUT2D eigenvalue weighted by Gasteiger charge is 2.17. The molecule has 0 aromatic carbocycles. The first-order chi connectivity index (χ1) is 12.1. The second-order valence-electron chi connectivity index (χ2n) is 9.04. The smallest absolute Gasteiger partial charge is 0.126 e. The van der Waals surface area contributed by atoms with Crippen molar-refractivity contribution in [1.82, 2.24) is 0 Å². The summed E-state index contributed by atoms with van der Waals surface area (Å²) in [6, 6.07) is 0. The Balaban J connectivity index is 4.47. The zero-order chi connectivity index (χ0) is 20.3. The monoisotopic (exact) mass is 364 g/mol. The Kier molecular flexibility index (Phi) is 12.9. The molecule has 0 nitrogen and oxygen atoms in total. The molecule has 4 unspecified atom stereocenters. The zero-order valence-electron chi connectivity index (χ0n) is 18.7. The van der Waals surface area contributed by atoms with Gasteiger partial charge >= 0.3 is 0 Å². The molecule has 0 aromatic heterocycles. The van der Waals surface area contributed by atoms with E-state index in [1.54, 1.807) is 6.08 Å². The van der Waals surface area contributed by atoms with Crippen molar-refractivity contribution in [3.05, 3.63) is 36.2 Å². The molecule has 0 spiro atoms. The van der Waals surface area contributed by atoms with E-state index in [4.69, 9.17) is 0 Å². The van der Waals surface area contributed by atoms with Crippen LogP contribution in [0.5, 0.6) is 0 Å². The summed E-state index contributed by atoms with van der Waals surface area (Å²) in [4.78, 5) is 0. The lowest BCUT2D eigenvalue weighted by Crippen LogP contribution is -2.11. The summed E-state index contributed by atoms with van der Waals surface area (Å²) in [6.45, 7) is 23.8. The van der Waals surface area contributed by atoms with Gasteiger partial charge in [-0.2, -0.15) is 0 Å². The Morgan fingerprint density at radius 1 is 0.808 bits per heavy atom. The highest BCUT2D eigenvalue weighted by molar-refractivity contribution is 5.32. The molecule has 26 heavy (non-hydrogen) atoms. The first kappa shape index (κ1) is 25.1. The summed E-state index contributed by atoms with van der Waals surface area (Å²) in [5.41, 5.74) is 1.52. The fraction of sp³-hybridized carbons (Fsp3) is 0.760. The van der Waals surface area contributed by atoms with E-state index in [1.165, 1.54) is 25.7 Å². The van der Waals surface area contributed by atoms with Crippen molar-refractivity contribution in [3.8, 4) is 0 Å². The standard InChI is InChI=1S/C25H45F/c1-10-11-12-19(4)23(8)17-25(26)24(9)22(7)16-15-21(6)20(5)14-13-18(2)3/h17-22H,8-16H2,1-7H3/b25-17+. The van der Waals surface area contributed by atoms with Crippen molar-refractivity contribution in [2.75, 3.05) is 0 Å². The fourth-order valence-corrected chi connectivity index (χ4v) is 3.18. The van der Waals surface area contributed by atoms with Gasteiger partial charge in [-0.15, -0.1) is 0 Å². The van der Waals surface area contributed by atoms with Crippen LogP contribution >= 0.6 is 0 Å². The second kappa shape index (κ2) is 13.3. The van der Waals surface area contributed by atoms with Gasteiger partial charge in [-0.1, -0.05) is 87.3 Å². The van der Waals surface area contributed by atoms with E-state index in [0.29, 0.717) is 17.4 Å². The molecule has 0 N–H and O–H groups in total. The molecule has 0 aliphatic carbocycles. The van der Waals surface area contributed by atoms with E-state index in [0.717, 1.165) is 36.7 Å². The molecule has 0 fully saturated rings. The topological polar surface area (TPSA) is 0 Å². The van der Waals surface area contributed by atoms with Crippen LogP contribution in [0, 0.1) is 29.6 Å². The lowest BCUT2D eigenvalue weighted by Gasteiger charge is -2.23. The fourth-order valence-electron chi connectivity index (χ4n) is 3.18. The Morgan fingerprint density at radius 2 is 1.35 bits per heavy atom. The van der Waals surface area contributed by atoms with Crippen molar-refractivity contribution < 1.29 is 4.39 Å². The molecule has 0 heterocycles. The quantitative estimate of drug-likeness (QED) is 0.270. The summed E-state index contributed by atoms with van der Waals surface area (Å²) in [5.74, 6) is 2.54.